The predicted octanol–water partition coefficient (Wildman–Crippen LogP) is 1.90. The molecule has 1 fully saturated rings. The molecule has 0 aromatic rings. The number of hydrogen-bond donors (Lipinski definition) is 1. The van der Waals surface area contributed by atoms with E-state index in [1.165, 1.54) is 12.8 Å². The molecule has 1 aliphatic rings. The van der Waals surface area contributed by atoms with E-state index >= 15 is 0 Å². The van der Waals surface area contributed by atoms with Gasteiger partial charge in [-0.25, -0.2) is 13.6 Å². The Labute approximate surface area is 105 Å². The molecular weight excluding hydrogens is 238 g/mol. The van der Waals surface area contributed by atoms with Gasteiger partial charge in [0.2, 0.25) is 10.0 Å². The smallest absolute Gasteiger partial charge is 0.209 e. The minimum absolute atomic E-state index is 0.0247. The van der Waals surface area contributed by atoms with Crippen molar-refractivity contribution >= 4 is 10.0 Å². The first-order valence-electron chi connectivity index (χ1n) is 6.30. The van der Waals surface area contributed by atoms with Crippen molar-refractivity contribution in [3.8, 4) is 0 Å². The summed E-state index contributed by atoms with van der Waals surface area (Å²) in [4.78, 5) is 0. The minimum Gasteiger partial charge on any atom is -0.378 e. The fourth-order valence-corrected chi connectivity index (χ4v) is 3.50. The molecule has 0 spiro atoms. The number of nitrogens with two attached hydrogens (primary N) is 1. The lowest BCUT2D eigenvalue weighted by molar-refractivity contribution is -0.0149. The summed E-state index contributed by atoms with van der Waals surface area (Å²) in [5.41, 5.74) is -0.406. The van der Waals surface area contributed by atoms with E-state index < -0.39 is 15.4 Å². The highest BCUT2D eigenvalue weighted by molar-refractivity contribution is 7.89. The third-order valence-electron chi connectivity index (χ3n) is 3.26. The van der Waals surface area contributed by atoms with Gasteiger partial charge in [-0.1, -0.05) is 20.8 Å². The molecule has 4 nitrogen and oxygen atoms in total. The summed E-state index contributed by atoms with van der Waals surface area (Å²) in [6.07, 6.45) is 4.89. The van der Waals surface area contributed by atoms with E-state index in [0.29, 0.717) is 12.7 Å². The molecule has 0 aliphatic heterocycles. The first-order chi connectivity index (χ1) is 7.68. The van der Waals surface area contributed by atoms with Crippen LogP contribution in [0.4, 0.5) is 0 Å². The molecule has 0 aromatic carbocycles. The molecular formula is C12H25NO3S. The minimum atomic E-state index is -3.42. The van der Waals surface area contributed by atoms with Crippen LogP contribution in [0.25, 0.3) is 0 Å². The maximum absolute atomic E-state index is 11.1. The molecule has 0 saturated heterocycles. The van der Waals surface area contributed by atoms with E-state index in [-0.39, 0.29) is 5.75 Å². The second kappa shape index (κ2) is 5.67. The Hall–Kier alpha value is -0.130. The van der Waals surface area contributed by atoms with Crippen molar-refractivity contribution in [1.29, 1.82) is 0 Å². The Balaban J connectivity index is 2.34. The Kier molecular flexibility index (Phi) is 4.98. The third-order valence-corrected chi connectivity index (χ3v) is 4.45. The monoisotopic (exact) mass is 263 g/mol. The summed E-state index contributed by atoms with van der Waals surface area (Å²) >= 11 is 0. The van der Waals surface area contributed by atoms with Gasteiger partial charge in [-0.15, -0.1) is 0 Å². The molecule has 0 heterocycles. The maximum Gasteiger partial charge on any atom is 0.209 e. The van der Waals surface area contributed by atoms with E-state index in [1.54, 1.807) is 0 Å². The second-order valence-corrected chi connectivity index (χ2v) is 7.78. The zero-order valence-electron chi connectivity index (χ0n) is 11.1. The van der Waals surface area contributed by atoms with Crippen molar-refractivity contribution in [3.05, 3.63) is 0 Å². The molecule has 1 saturated carbocycles. The lowest BCUT2D eigenvalue weighted by Crippen LogP contribution is -2.34. The normalized spacial score (nSPS) is 27.1. The number of rotatable bonds is 5. The molecule has 0 radical (unpaired) electrons. The lowest BCUT2D eigenvalue weighted by Gasteiger charge is -2.30. The highest BCUT2D eigenvalue weighted by Crippen LogP contribution is 2.27. The molecule has 0 bridgehead atoms. The van der Waals surface area contributed by atoms with Crippen molar-refractivity contribution in [2.24, 2.45) is 16.5 Å². The zero-order valence-corrected chi connectivity index (χ0v) is 11.9. The fraction of sp³-hybridized carbons (Fsp3) is 1.00. The number of primary sulfonamides is 1. The average Bonchev–Trinajstić information content (AvgIpc) is 2.13. The summed E-state index contributed by atoms with van der Waals surface area (Å²) in [6.45, 7) is 6.48. The maximum atomic E-state index is 11.1. The Morgan fingerprint density at radius 2 is 1.76 bits per heavy atom. The van der Waals surface area contributed by atoms with Gasteiger partial charge in [-0.2, -0.15) is 0 Å². The number of sulfonamides is 1. The van der Waals surface area contributed by atoms with Crippen molar-refractivity contribution < 1.29 is 13.2 Å². The van der Waals surface area contributed by atoms with Gasteiger partial charge in [-0.3, -0.25) is 0 Å². The Bertz CT molecular complexity index is 330. The van der Waals surface area contributed by atoms with Gasteiger partial charge < -0.3 is 4.74 Å². The first kappa shape index (κ1) is 14.9. The molecule has 1 rings (SSSR count). The molecule has 0 aromatic heterocycles. The zero-order chi connectivity index (χ0) is 13.1. The molecule has 1 aliphatic carbocycles. The van der Waals surface area contributed by atoms with E-state index in [0.717, 1.165) is 18.8 Å². The van der Waals surface area contributed by atoms with Crippen LogP contribution in [0.15, 0.2) is 0 Å². The van der Waals surface area contributed by atoms with Crippen molar-refractivity contribution in [2.75, 3.05) is 12.4 Å². The van der Waals surface area contributed by atoms with Crippen LogP contribution >= 0.6 is 0 Å². The Morgan fingerprint density at radius 3 is 2.24 bits per heavy atom. The van der Waals surface area contributed by atoms with Crippen molar-refractivity contribution in [2.45, 2.75) is 52.6 Å². The highest BCUT2D eigenvalue weighted by atomic mass is 32.2. The van der Waals surface area contributed by atoms with E-state index in [9.17, 15) is 8.42 Å². The quantitative estimate of drug-likeness (QED) is 0.823. The van der Waals surface area contributed by atoms with Crippen LogP contribution in [0, 0.1) is 11.3 Å². The molecule has 2 N–H and O–H groups in total. The third kappa shape index (κ3) is 6.38. The summed E-state index contributed by atoms with van der Waals surface area (Å²) in [6, 6.07) is 0. The summed E-state index contributed by atoms with van der Waals surface area (Å²) in [5, 5.41) is 5.07. The molecule has 5 heteroatoms. The van der Waals surface area contributed by atoms with Crippen LogP contribution < -0.4 is 5.14 Å². The van der Waals surface area contributed by atoms with Gasteiger partial charge in [0.1, 0.15) is 0 Å². The summed E-state index contributed by atoms with van der Waals surface area (Å²) < 4.78 is 27.9. The van der Waals surface area contributed by atoms with Gasteiger partial charge >= 0.3 is 0 Å². The predicted molar refractivity (Wildman–Crippen MR) is 69.1 cm³/mol. The fourth-order valence-electron chi connectivity index (χ4n) is 2.33. The van der Waals surface area contributed by atoms with Gasteiger partial charge in [0, 0.05) is 5.41 Å². The highest BCUT2D eigenvalue weighted by Gasteiger charge is 2.27. The largest absolute Gasteiger partial charge is 0.378 e. The van der Waals surface area contributed by atoms with Crippen molar-refractivity contribution in [3.63, 3.8) is 0 Å². The molecule has 0 atom stereocenters. The van der Waals surface area contributed by atoms with Gasteiger partial charge in [0.25, 0.3) is 0 Å². The average molecular weight is 263 g/mol. The Morgan fingerprint density at radius 1 is 1.24 bits per heavy atom. The van der Waals surface area contributed by atoms with Crippen LogP contribution in [0.5, 0.6) is 0 Å². The van der Waals surface area contributed by atoms with Crippen LogP contribution in [-0.4, -0.2) is 26.9 Å². The van der Waals surface area contributed by atoms with Crippen LogP contribution in [0.3, 0.4) is 0 Å². The lowest BCUT2D eigenvalue weighted by atomic mass is 9.88. The van der Waals surface area contributed by atoms with Crippen LogP contribution in [0.2, 0.25) is 0 Å². The van der Waals surface area contributed by atoms with Crippen LogP contribution in [-0.2, 0) is 14.8 Å². The summed E-state index contributed by atoms with van der Waals surface area (Å²) in [5.74, 6) is 0.774. The van der Waals surface area contributed by atoms with Gasteiger partial charge in [0.15, 0.2) is 0 Å². The second-order valence-electron chi connectivity index (χ2n) is 6.16. The number of ether oxygens (including phenoxy) is 1. The van der Waals surface area contributed by atoms with E-state index in [1.807, 2.05) is 13.8 Å². The molecule has 102 valence electrons. The van der Waals surface area contributed by atoms with E-state index in [4.69, 9.17) is 9.88 Å². The molecule has 0 amide bonds. The van der Waals surface area contributed by atoms with Gasteiger partial charge in [-0.05, 0) is 31.6 Å². The molecule has 17 heavy (non-hydrogen) atoms. The molecule has 0 unspecified atom stereocenters. The van der Waals surface area contributed by atoms with Crippen molar-refractivity contribution in [1.82, 2.24) is 0 Å². The standard InChI is InChI=1S/C12H25NO3S/c1-10-4-6-11(7-5-10)16-8-12(2,3)9-17(13,14)15/h10-11H,4-9H2,1-3H3,(H2,13,14,15). The SMILES string of the molecule is CC1CCC(OCC(C)(C)CS(N)(=O)=O)CC1. The summed E-state index contributed by atoms with van der Waals surface area (Å²) in [7, 11) is -3.42. The number of hydrogen-bond acceptors (Lipinski definition) is 3. The van der Waals surface area contributed by atoms with Gasteiger partial charge in [0.05, 0.1) is 18.5 Å². The topological polar surface area (TPSA) is 69.4 Å². The first-order valence-corrected chi connectivity index (χ1v) is 8.01. The van der Waals surface area contributed by atoms with E-state index in [2.05, 4.69) is 6.92 Å². The van der Waals surface area contributed by atoms with Crippen LogP contribution in [0.1, 0.15) is 46.5 Å².